The second kappa shape index (κ2) is 12.9. The number of carbonyl (C=O) groups excluding carboxylic acids is 2. The number of aryl methyl sites for hydroxylation is 1. The third kappa shape index (κ3) is 6.56. The Morgan fingerprint density at radius 1 is 0.875 bits per heavy atom. The number of benzene rings is 3. The van der Waals surface area contributed by atoms with E-state index in [1.807, 2.05) is 11.8 Å². The molecule has 2 amide bonds. The highest BCUT2D eigenvalue weighted by atomic mass is 32.2. The van der Waals surface area contributed by atoms with Crippen molar-refractivity contribution in [1.82, 2.24) is 4.90 Å². The quantitative estimate of drug-likeness (QED) is 0.397. The van der Waals surface area contributed by atoms with Crippen LogP contribution in [0.4, 0.5) is 11.4 Å². The lowest BCUT2D eigenvalue weighted by Gasteiger charge is -2.25. The zero-order chi connectivity index (χ0) is 28.7. The molecule has 0 aliphatic carbocycles. The highest BCUT2D eigenvalue weighted by molar-refractivity contribution is 7.92. The number of nitrogens with zero attached hydrogens (tertiary/aromatic N) is 2. The molecule has 0 aromatic heterocycles. The minimum atomic E-state index is -4.15. The van der Waals surface area contributed by atoms with E-state index in [0.29, 0.717) is 35.8 Å². The predicted molar refractivity (Wildman–Crippen MR) is 155 cm³/mol. The first-order chi connectivity index (χ1) is 19.2. The average Bonchev–Trinajstić information content (AvgIpc) is 3.25. The molecule has 0 radical (unpaired) electrons. The summed E-state index contributed by atoms with van der Waals surface area (Å²) < 4.78 is 39.3. The van der Waals surface area contributed by atoms with E-state index in [9.17, 15) is 18.0 Å². The molecule has 4 rings (SSSR count). The molecule has 1 N–H and O–H groups in total. The van der Waals surface area contributed by atoms with Gasteiger partial charge in [0.1, 0.15) is 6.54 Å². The number of carbonyl (C=O) groups is 2. The minimum Gasteiger partial charge on any atom is -0.493 e. The molecule has 1 aliphatic rings. The van der Waals surface area contributed by atoms with E-state index in [4.69, 9.17) is 9.47 Å². The molecule has 0 spiro atoms. The van der Waals surface area contributed by atoms with Gasteiger partial charge < -0.3 is 19.7 Å². The van der Waals surface area contributed by atoms with Gasteiger partial charge in [0, 0.05) is 19.2 Å². The molecule has 212 valence electrons. The maximum absolute atomic E-state index is 13.8. The van der Waals surface area contributed by atoms with Crippen LogP contribution in [0.5, 0.6) is 11.5 Å². The lowest BCUT2D eigenvalue weighted by Crippen LogP contribution is -2.38. The van der Waals surface area contributed by atoms with Crippen LogP contribution in [0.15, 0.2) is 71.6 Å². The first kappa shape index (κ1) is 28.9. The Morgan fingerprint density at radius 3 is 2.17 bits per heavy atom. The van der Waals surface area contributed by atoms with E-state index in [1.54, 1.807) is 48.5 Å². The standard InChI is InChI=1S/C30H35N3O6S/c1-22-12-15-24(16-13-22)40(36,37)33(23-14-17-27(38-2)28(20-23)39-3)21-29(34)31-26-11-7-6-10-25(26)30(35)32-18-8-4-5-9-19-32/h6-7,10-17,20H,4-5,8-9,18-19,21H2,1-3H3,(H,31,34). The van der Waals surface area contributed by atoms with E-state index in [2.05, 4.69) is 5.32 Å². The molecule has 3 aromatic carbocycles. The second-order valence-corrected chi connectivity index (χ2v) is 11.5. The van der Waals surface area contributed by atoms with Gasteiger partial charge in [0.2, 0.25) is 5.91 Å². The number of hydrogen-bond donors (Lipinski definition) is 1. The van der Waals surface area contributed by atoms with Crippen molar-refractivity contribution in [3.05, 3.63) is 77.9 Å². The third-order valence-corrected chi connectivity index (χ3v) is 8.66. The number of methoxy groups -OCH3 is 2. The van der Waals surface area contributed by atoms with Crippen molar-refractivity contribution in [2.75, 3.05) is 43.5 Å². The summed E-state index contributed by atoms with van der Waals surface area (Å²) in [5.41, 5.74) is 1.83. The van der Waals surface area contributed by atoms with Crippen LogP contribution in [0.1, 0.15) is 41.6 Å². The van der Waals surface area contributed by atoms with Crippen LogP contribution in [0.2, 0.25) is 0 Å². The maximum Gasteiger partial charge on any atom is 0.264 e. The normalized spacial score (nSPS) is 13.7. The van der Waals surface area contributed by atoms with Gasteiger partial charge in [-0.15, -0.1) is 0 Å². The molecular weight excluding hydrogens is 530 g/mol. The summed E-state index contributed by atoms with van der Waals surface area (Å²) in [5.74, 6) is -0.00865. The average molecular weight is 566 g/mol. The second-order valence-electron chi connectivity index (χ2n) is 9.66. The predicted octanol–water partition coefficient (Wildman–Crippen LogP) is 4.86. The zero-order valence-electron chi connectivity index (χ0n) is 23.1. The van der Waals surface area contributed by atoms with E-state index < -0.39 is 22.5 Å². The number of sulfonamides is 1. The van der Waals surface area contributed by atoms with Gasteiger partial charge in [-0.25, -0.2) is 8.42 Å². The van der Waals surface area contributed by atoms with Gasteiger partial charge >= 0.3 is 0 Å². The van der Waals surface area contributed by atoms with Crippen LogP contribution < -0.4 is 19.1 Å². The van der Waals surface area contributed by atoms with Gasteiger partial charge in [0.25, 0.3) is 15.9 Å². The van der Waals surface area contributed by atoms with Gasteiger partial charge in [-0.05, 0) is 56.2 Å². The number of amides is 2. The Hall–Kier alpha value is -4.05. The van der Waals surface area contributed by atoms with E-state index in [1.165, 1.54) is 32.4 Å². The molecule has 1 fully saturated rings. The van der Waals surface area contributed by atoms with E-state index in [0.717, 1.165) is 35.6 Å². The van der Waals surface area contributed by atoms with Gasteiger partial charge in [0.05, 0.1) is 36.1 Å². The first-order valence-corrected chi connectivity index (χ1v) is 14.7. The van der Waals surface area contributed by atoms with Crippen LogP contribution >= 0.6 is 0 Å². The lowest BCUT2D eigenvalue weighted by molar-refractivity contribution is -0.114. The molecule has 0 unspecified atom stereocenters. The molecule has 0 atom stereocenters. The largest absolute Gasteiger partial charge is 0.493 e. The molecule has 1 saturated heterocycles. The fourth-order valence-corrected chi connectivity index (χ4v) is 6.09. The Bertz CT molecular complexity index is 1450. The third-order valence-electron chi connectivity index (χ3n) is 6.88. The zero-order valence-corrected chi connectivity index (χ0v) is 23.9. The van der Waals surface area contributed by atoms with Gasteiger partial charge in [-0.1, -0.05) is 42.7 Å². The molecule has 10 heteroatoms. The number of anilines is 2. The van der Waals surface area contributed by atoms with Gasteiger partial charge in [0.15, 0.2) is 11.5 Å². The van der Waals surface area contributed by atoms with E-state index >= 15 is 0 Å². The summed E-state index contributed by atoms with van der Waals surface area (Å²) in [5, 5.41) is 2.78. The Labute approximate surface area is 235 Å². The molecule has 9 nitrogen and oxygen atoms in total. The maximum atomic E-state index is 13.8. The van der Waals surface area contributed by atoms with Crippen LogP contribution in [0, 0.1) is 6.92 Å². The van der Waals surface area contributed by atoms with Crippen molar-refractivity contribution in [3.63, 3.8) is 0 Å². The number of para-hydroxylation sites is 1. The fraction of sp³-hybridized carbons (Fsp3) is 0.333. The molecule has 0 bridgehead atoms. The number of nitrogens with one attached hydrogen (secondary N) is 1. The van der Waals surface area contributed by atoms with Crippen molar-refractivity contribution in [3.8, 4) is 11.5 Å². The number of ether oxygens (including phenoxy) is 2. The number of rotatable bonds is 9. The monoisotopic (exact) mass is 565 g/mol. The molecule has 40 heavy (non-hydrogen) atoms. The summed E-state index contributed by atoms with van der Waals surface area (Å²) in [6.07, 6.45) is 4.06. The Balaban J connectivity index is 1.65. The van der Waals surface area contributed by atoms with Crippen LogP contribution in [-0.2, 0) is 14.8 Å². The summed E-state index contributed by atoms with van der Waals surface area (Å²) in [6.45, 7) is 2.67. The summed E-state index contributed by atoms with van der Waals surface area (Å²) in [7, 11) is -1.22. The fourth-order valence-electron chi connectivity index (χ4n) is 4.68. The summed E-state index contributed by atoms with van der Waals surface area (Å²) in [6, 6.07) is 17.9. The molecular formula is C30H35N3O6S. The van der Waals surface area contributed by atoms with Crippen LogP contribution in [0.3, 0.4) is 0 Å². The molecule has 1 aliphatic heterocycles. The molecule has 1 heterocycles. The highest BCUT2D eigenvalue weighted by Crippen LogP contribution is 2.34. The smallest absolute Gasteiger partial charge is 0.264 e. The van der Waals surface area contributed by atoms with Crippen molar-refractivity contribution in [2.45, 2.75) is 37.5 Å². The minimum absolute atomic E-state index is 0.0393. The van der Waals surface area contributed by atoms with Crippen molar-refractivity contribution < 1.29 is 27.5 Å². The van der Waals surface area contributed by atoms with Crippen molar-refractivity contribution in [2.24, 2.45) is 0 Å². The summed E-state index contributed by atoms with van der Waals surface area (Å²) >= 11 is 0. The van der Waals surface area contributed by atoms with Crippen molar-refractivity contribution in [1.29, 1.82) is 0 Å². The summed E-state index contributed by atoms with van der Waals surface area (Å²) in [4.78, 5) is 28.6. The lowest BCUT2D eigenvalue weighted by atomic mass is 10.1. The number of likely N-dealkylation sites (tertiary alicyclic amines) is 1. The first-order valence-electron chi connectivity index (χ1n) is 13.2. The topological polar surface area (TPSA) is 105 Å². The van der Waals surface area contributed by atoms with Crippen molar-refractivity contribution >= 4 is 33.2 Å². The number of hydrogen-bond acceptors (Lipinski definition) is 6. The van der Waals surface area contributed by atoms with Gasteiger partial charge in [-0.2, -0.15) is 0 Å². The Kier molecular flexibility index (Phi) is 9.31. The highest BCUT2D eigenvalue weighted by Gasteiger charge is 2.29. The molecule has 3 aromatic rings. The van der Waals surface area contributed by atoms with Crippen LogP contribution in [0.25, 0.3) is 0 Å². The molecule has 0 saturated carbocycles. The van der Waals surface area contributed by atoms with E-state index in [-0.39, 0.29) is 16.5 Å². The van der Waals surface area contributed by atoms with Gasteiger partial charge in [-0.3, -0.25) is 13.9 Å². The Morgan fingerprint density at radius 2 is 1.52 bits per heavy atom. The SMILES string of the molecule is COc1ccc(N(CC(=O)Nc2ccccc2C(=O)N2CCCCCC2)S(=O)(=O)c2ccc(C)cc2)cc1OC. The van der Waals surface area contributed by atoms with Crippen LogP contribution in [-0.4, -0.2) is 59.0 Å².